The molecule has 0 aromatic heterocycles. The summed E-state index contributed by atoms with van der Waals surface area (Å²) in [7, 11) is 0. The molecule has 0 unspecified atom stereocenters. The summed E-state index contributed by atoms with van der Waals surface area (Å²) >= 11 is 2.06. The molecule has 2 rings (SSSR count). The zero-order valence-electron chi connectivity index (χ0n) is 10.0. The Morgan fingerprint density at radius 1 is 0.947 bits per heavy atom. The van der Waals surface area contributed by atoms with Crippen molar-refractivity contribution in [2.45, 2.75) is 0 Å². The van der Waals surface area contributed by atoms with Crippen molar-refractivity contribution in [1.29, 1.82) is 0 Å². The molecule has 0 aliphatic rings. The number of benzene rings is 2. The molecule has 0 saturated heterocycles. The number of hydrogen-bond donors (Lipinski definition) is 0. The van der Waals surface area contributed by atoms with Crippen LogP contribution in [0.15, 0.2) is 54.6 Å². The predicted octanol–water partition coefficient (Wildman–Crippen LogP) is 3.33. The second-order valence-electron chi connectivity index (χ2n) is 3.85. The number of Topliss-reactive ketones (excluding diaryl/α,β-unsaturated/α-hetero) is 1. The van der Waals surface area contributed by atoms with E-state index in [1.54, 1.807) is 36.4 Å². The van der Waals surface area contributed by atoms with Gasteiger partial charge in [-0.2, -0.15) is 0 Å². The minimum Gasteiger partial charge on any atom is -0.454 e. The highest BCUT2D eigenvalue weighted by atomic mass is 127. The van der Waals surface area contributed by atoms with Gasteiger partial charge in [0.15, 0.2) is 12.4 Å². The molecule has 0 aliphatic heterocycles. The van der Waals surface area contributed by atoms with Crippen molar-refractivity contribution >= 4 is 34.3 Å². The third-order valence-electron chi connectivity index (χ3n) is 2.52. The molecule has 0 bridgehead atoms. The number of carbonyl (C=O) groups excluding carboxylic acids is 2. The fourth-order valence-corrected chi connectivity index (χ4v) is 2.15. The molecular formula is C15H11IO3. The summed E-state index contributed by atoms with van der Waals surface area (Å²) in [4.78, 5) is 23.6. The average molecular weight is 366 g/mol. The third kappa shape index (κ3) is 3.64. The molecule has 0 saturated carbocycles. The van der Waals surface area contributed by atoms with Gasteiger partial charge in [0.1, 0.15) is 0 Å². The van der Waals surface area contributed by atoms with Gasteiger partial charge in [-0.3, -0.25) is 4.79 Å². The van der Waals surface area contributed by atoms with Gasteiger partial charge in [-0.15, -0.1) is 0 Å². The summed E-state index contributed by atoms with van der Waals surface area (Å²) in [5, 5.41) is 0. The highest BCUT2D eigenvalue weighted by Crippen LogP contribution is 2.12. The lowest BCUT2D eigenvalue weighted by atomic mass is 10.1. The van der Waals surface area contributed by atoms with Crippen molar-refractivity contribution in [2.24, 2.45) is 0 Å². The van der Waals surface area contributed by atoms with Gasteiger partial charge in [0, 0.05) is 9.13 Å². The number of rotatable bonds is 4. The average Bonchev–Trinajstić information content (AvgIpc) is 2.46. The molecule has 2 aromatic rings. The summed E-state index contributed by atoms with van der Waals surface area (Å²) in [6.45, 7) is -0.242. The number of halogens is 1. The Hall–Kier alpha value is -1.69. The third-order valence-corrected chi connectivity index (χ3v) is 3.46. The number of ether oxygens (including phenoxy) is 1. The fourth-order valence-electron chi connectivity index (χ4n) is 1.54. The van der Waals surface area contributed by atoms with E-state index in [0.29, 0.717) is 11.1 Å². The number of ketones is 1. The van der Waals surface area contributed by atoms with E-state index >= 15 is 0 Å². The highest BCUT2D eigenvalue weighted by molar-refractivity contribution is 14.1. The van der Waals surface area contributed by atoms with Crippen molar-refractivity contribution in [1.82, 2.24) is 0 Å². The molecular weight excluding hydrogens is 355 g/mol. The molecule has 0 spiro atoms. The molecule has 0 N–H and O–H groups in total. The van der Waals surface area contributed by atoms with Crippen LogP contribution in [0.25, 0.3) is 0 Å². The van der Waals surface area contributed by atoms with Crippen LogP contribution in [0, 0.1) is 3.57 Å². The van der Waals surface area contributed by atoms with Crippen molar-refractivity contribution < 1.29 is 14.3 Å². The second kappa shape index (κ2) is 6.47. The maximum atomic E-state index is 11.8. The van der Waals surface area contributed by atoms with E-state index in [9.17, 15) is 9.59 Å². The smallest absolute Gasteiger partial charge is 0.339 e. The highest BCUT2D eigenvalue weighted by Gasteiger charge is 2.13. The number of carbonyl (C=O) groups is 2. The molecule has 2 aromatic carbocycles. The first-order valence-electron chi connectivity index (χ1n) is 5.68. The standard InChI is InChI=1S/C15H11IO3/c16-13-9-5-4-8-12(13)15(18)19-10-14(17)11-6-2-1-3-7-11/h1-9H,10H2. The van der Waals surface area contributed by atoms with Gasteiger partial charge in [0.05, 0.1) is 5.56 Å². The van der Waals surface area contributed by atoms with Gasteiger partial charge in [0.25, 0.3) is 0 Å². The zero-order chi connectivity index (χ0) is 13.7. The van der Waals surface area contributed by atoms with Crippen molar-refractivity contribution in [2.75, 3.05) is 6.61 Å². The summed E-state index contributed by atoms with van der Waals surface area (Å²) in [5.41, 5.74) is 1.02. The first-order chi connectivity index (χ1) is 9.18. The molecule has 3 nitrogen and oxygen atoms in total. The first kappa shape index (κ1) is 13.7. The van der Waals surface area contributed by atoms with E-state index in [1.807, 2.05) is 18.2 Å². The zero-order valence-corrected chi connectivity index (χ0v) is 12.2. The molecule has 0 radical (unpaired) electrons. The van der Waals surface area contributed by atoms with Crippen LogP contribution in [0.3, 0.4) is 0 Å². The number of hydrogen-bond acceptors (Lipinski definition) is 3. The van der Waals surface area contributed by atoms with Gasteiger partial charge < -0.3 is 4.74 Å². The van der Waals surface area contributed by atoms with Crippen molar-refractivity contribution in [3.8, 4) is 0 Å². The quantitative estimate of drug-likeness (QED) is 0.474. The van der Waals surface area contributed by atoms with E-state index in [4.69, 9.17) is 4.74 Å². The van der Waals surface area contributed by atoms with Crippen LogP contribution in [0.1, 0.15) is 20.7 Å². The lowest BCUT2D eigenvalue weighted by Gasteiger charge is -2.05. The molecule has 0 fully saturated rings. The van der Waals surface area contributed by atoms with Crippen LogP contribution in [0.2, 0.25) is 0 Å². The molecule has 0 heterocycles. The normalized spacial score (nSPS) is 9.95. The Balaban J connectivity index is 1.98. The fraction of sp³-hybridized carbons (Fsp3) is 0.0667. The molecule has 0 atom stereocenters. The van der Waals surface area contributed by atoms with E-state index < -0.39 is 5.97 Å². The Morgan fingerprint density at radius 3 is 2.26 bits per heavy atom. The molecule has 0 amide bonds. The minimum atomic E-state index is -0.478. The lowest BCUT2D eigenvalue weighted by molar-refractivity contribution is 0.0473. The maximum Gasteiger partial charge on any atom is 0.339 e. The van der Waals surface area contributed by atoms with Crippen molar-refractivity contribution in [3.63, 3.8) is 0 Å². The Morgan fingerprint density at radius 2 is 1.58 bits per heavy atom. The predicted molar refractivity (Wildman–Crippen MR) is 80.2 cm³/mol. The maximum absolute atomic E-state index is 11.8. The molecule has 19 heavy (non-hydrogen) atoms. The van der Waals surface area contributed by atoms with Crippen LogP contribution in [-0.4, -0.2) is 18.4 Å². The molecule has 96 valence electrons. The van der Waals surface area contributed by atoms with Gasteiger partial charge >= 0.3 is 5.97 Å². The summed E-state index contributed by atoms with van der Waals surface area (Å²) < 4.78 is 5.83. The molecule has 4 heteroatoms. The van der Waals surface area contributed by atoms with E-state index in [0.717, 1.165) is 3.57 Å². The van der Waals surface area contributed by atoms with Gasteiger partial charge in [-0.1, -0.05) is 42.5 Å². The second-order valence-corrected chi connectivity index (χ2v) is 5.01. The topological polar surface area (TPSA) is 43.4 Å². The van der Waals surface area contributed by atoms with Gasteiger partial charge in [0.2, 0.25) is 0 Å². The monoisotopic (exact) mass is 366 g/mol. The largest absolute Gasteiger partial charge is 0.454 e. The van der Waals surface area contributed by atoms with E-state index in [1.165, 1.54) is 0 Å². The number of esters is 1. The summed E-state index contributed by atoms with van der Waals surface area (Å²) in [6.07, 6.45) is 0. The van der Waals surface area contributed by atoms with Gasteiger partial charge in [-0.25, -0.2) is 4.79 Å². The first-order valence-corrected chi connectivity index (χ1v) is 6.76. The SMILES string of the molecule is O=C(COC(=O)c1ccccc1I)c1ccccc1. The Labute approximate surface area is 124 Å². The van der Waals surface area contributed by atoms with Crippen LogP contribution in [0.4, 0.5) is 0 Å². The van der Waals surface area contributed by atoms with Crippen molar-refractivity contribution in [3.05, 3.63) is 69.3 Å². The van der Waals surface area contributed by atoms with E-state index in [2.05, 4.69) is 22.6 Å². The Bertz CT molecular complexity index is 593. The van der Waals surface area contributed by atoms with E-state index in [-0.39, 0.29) is 12.4 Å². The minimum absolute atomic E-state index is 0.208. The van der Waals surface area contributed by atoms with Crippen LogP contribution in [0.5, 0.6) is 0 Å². The lowest BCUT2D eigenvalue weighted by Crippen LogP contribution is -2.15. The van der Waals surface area contributed by atoms with Gasteiger partial charge in [-0.05, 0) is 34.7 Å². The van der Waals surface area contributed by atoms with Crippen LogP contribution >= 0.6 is 22.6 Å². The van der Waals surface area contributed by atoms with Crippen LogP contribution < -0.4 is 0 Å². The summed E-state index contributed by atoms with van der Waals surface area (Å²) in [5.74, 6) is -0.686. The summed E-state index contributed by atoms with van der Waals surface area (Å²) in [6, 6.07) is 15.9. The molecule has 0 aliphatic carbocycles. The van der Waals surface area contributed by atoms with Crippen LogP contribution in [-0.2, 0) is 4.74 Å². The Kier molecular flexibility index (Phi) is 4.68.